The third-order valence-corrected chi connectivity index (χ3v) is 13.0. The highest BCUT2D eigenvalue weighted by Gasteiger charge is 2.55. The SMILES string of the molecule is CC(C)(C)[Si](c1ccccc1)(c1ccccc1)N1c2ccccc2Sc2ccccc21. The van der Waals surface area contributed by atoms with Crippen LogP contribution in [0.1, 0.15) is 20.8 Å². The molecule has 0 bridgehead atoms. The number of para-hydroxylation sites is 2. The van der Waals surface area contributed by atoms with Crippen molar-refractivity contribution in [2.45, 2.75) is 35.6 Å². The Labute approximate surface area is 190 Å². The van der Waals surface area contributed by atoms with E-state index in [0.717, 1.165) is 0 Å². The van der Waals surface area contributed by atoms with Crippen molar-refractivity contribution in [3.05, 3.63) is 109 Å². The van der Waals surface area contributed by atoms with Crippen molar-refractivity contribution in [3.63, 3.8) is 0 Å². The lowest BCUT2D eigenvalue weighted by atomic mass is 10.2. The van der Waals surface area contributed by atoms with Crippen LogP contribution in [0.15, 0.2) is 119 Å². The van der Waals surface area contributed by atoms with Crippen LogP contribution in [0.25, 0.3) is 0 Å². The van der Waals surface area contributed by atoms with Gasteiger partial charge in [0.05, 0.1) is 0 Å². The lowest BCUT2D eigenvalue weighted by Gasteiger charge is -2.53. The first-order valence-electron chi connectivity index (χ1n) is 10.8. The van der Waals surface area contributed by atoms with Crippen LogP contribution in [0.4, 0.5) is 11.4 Å². The molecule has 5 rings (SSSR count). The molecule has 0 fully saturated rings. The van der Waals surface area contributed by atoms with Gasteiger partial charge >= 0.3 is 0 Å². The van der Waals surface area contributed by atoms with Crippen LogP contribution in [0, 0.1) is 0 Å². The topological polar surface area (TPSA) is 3.24 Å². The summed E-state index contributed by atoms with van der Waals surface area (Å²) in [4.78, 5) is 2.66. The molecule has 154 valence electrons. The summed E-state index contributed by atoms with van der Waals surface area (Å²) < 4.78 is 2.73. The molecule has 1 aliphatic heterocycles. The van der Waals surface area contributed by atoms with Gasteiger partial charge in [-0.15, -0.1) is 0 Å². The maximum absolute atomic E-state index is 2.73. The van der Waals surface area contributed by atoms with E-state index in [1.165, 1.54) is 31.5 Å². The van der Waals surface area contributed by atoms with Gasteiger partial charge in [-0.3, -0.25) is 0 Å². The molecule has 0 amide bonds. The number of anilines is 2. The average molecular weight is 438 g/mol. The van der Waals surface area contributed by atoms with Gasteiger partial charge in [-0.05, 0) is 39.7 Å². The summed E-state index contributed by atoms with van der Waals surface area (Å²) in [7, 11) is -2.53. The number of rotatable bonds is 3. The Morgan fingerprint density at radius 1 is 0.548 bits per heavy atom. The van der Waals surface area contributed by atoms with Crippen LogP contribution in [0.3, 0.4) is 0 Å². The smallest absolute Gasteiger partial charge is 0.230 e. The zero-order chi connectivity index (χ0) is 21.5. The van der Waals surface area contributed by atoms with Crippen LogP contribution >= 0.6 is 11.8 Å². The zero-order valence-corrected chi connectivity index (χ0v) is 20.1. The number of hydrogen-bond acceptors (Lipinski definition) is 2. The zero-order valence-electron chi connectivity index (χ0n) is 18.2. The molecule has 0 spiro atoms. The maximum atomic E-state index is 2.73. The first kappa shape index (κ1) is 20.2. The molecule has 1 nitrogen and oxygen atoms in total. The van der Waals surface area contributed by atoms with Gasteiger partial charge in [0.15, 0.2) is 0 Å². The molecule has 0 N–H and O–H groups in total. The Balaban J connectivity index is 1.94. The maximum Gasteiger partial charge on any atom is 0.230 e. The largest absolute Gasteiger partial charge is 0.358 e. The molecule has 1 aliphatic rings. The summed E-state index contributed by atoms with van der Waals surface area (Å²) >= 11 is 1.88. The summed E-state index contributed by atoms with van der Waals surface area (Å²) in [5, 5.41) is 2.90. The molecule has 0 saturated heterocycles. The van der Waals surface area contributed by atoms with Crippen molar-refractivity contribution < 1.29 is 0 Å². The van der Waals surface area contributed by atoms with E-state index in [1.807, 2.05) is 11.8 Å². The van der Waals surface area contributed by atoms with Gasteiger partial charge in [-0.25, -0.2) is 0 Å². The summed E-state index contributed by atoms with van der Waals surface area (Å²) in [6, 6.07) is 40.2. The highest BCUT2D eigenvalue weighted by molar-refractivity contribution is 7.99. The number of benzene rings is 4. The molecule has 4 aromatic rings. The van der Waals surface area contributed by atoms with E-state index in [0.29, 0.717) is 0 Å². The third-order valence-electron chi connectivity index (χ3n) is 6.24. The molecule has 0 radical (unpaired) electrons. The van der Waals surface area contributed by atoms with Crippen molar-refractivity contribution >= 4 is 41.7 Å². The molecule has 1 heterocycles. The summed E-state index contributed by atoms with van der Waals surface area (Å²) in [6.07, 6.45) is 0. The normalized spacial score (nSPS) is 13.5. The molecule has 0 aliphatic carbocycles. The van der Waals surface area contributed by atoms with Crippen LogP contribution in [-0.4, -0.2) is 8.24 Å². The second-order valence-corrected chi connectivity index (χ2v) is 14.7. The molecular formula is C28H27NSSi. The molecule has 0 aromatic heterocycles. The number of fused-ring (bicyclic) bond motifs is 2. The Kier molecular flexibility index (Phi) is 5.03. The fourth-order valence-electron chi connectivity index (χ4n) is 5.05. The molecular weight excluding hydrogens is 410 g/mol. The quantitative estimate of drug-likeness (QED) is 0.322. The summed E-state index contributed by atoms with van der Waals surface area (Å²) in [6.45, 7) is 7.27. The summed E-state index contributed by atoms with van der Waals surface area (Å²) in [5.74, 6) is 0. The molecule has 4 aromatic carbocycles. The Morgan fingerprint density at radius 2 is 0.935 bits per heavy atom. The monoisotopic (exact) mass is 437 g/mol. The van der Waals surface area contributed by atoms with Gasteiger partial charge in [-0.1, -0.05) is 117 Å². The van der Waals surface area contributed by atoms with Gasteiger partial charge in [0, 0.05) is 21.2 Å². The number of nitrogens with zero attached hydrogens (tertiary/aromatic N) is 1. The molecule has 0 atom stereocenters. The minimum Gasteiger partial charge on any atom is -0.358 e. The van der Waals surface area contributed by atoms with E-state index in [2.05, 4.69) is 135 Å². The lowest BCUT2D eigenvalue weighted by molar-refractivity contribution is 0.725. The second kappa shape index (κ2) is 7.74. The molecule has 0 saturated carbocycles. The Morgan fingerprint density at radius 3 is 1.35 bits per heavy atom. The fourth-order valence-corrected chi connectivity index (χ4v) is 12.0. The summed E-state index contributed by atoms with van der Waals surface area (Å²) in [5.41, 5.74) is 2.64. The second-order valence-electron chi connectivity index (χ2n) is 9.07. The standard InChI is InChI=1S/C28H27NSSi/c1-28(2,3)31(22-14-6-4-7-15-22,23-16-8-5-9-17-23)29-24-18-10-12-20-26(24)30-27-21-13-11-19-25(27)29/h4-21H,1-3H3. The van der Waals surface area contributed by atoms with E-state index in [-0.39, 0.29) is 5.04 Å². The van der Waals surface area contributed by atoms with Crippen LogP contribution < -0.4 is 14.9 Å². The van der Waals surface area contributed by atoms with E-state index < -0.39 is 8.24 Å². The van der Waals surface area contributed by atoms with Crippen LogP contribution in [0.2, 0.25) is 5.04 Å². The van der Waals surface area contributed by atoms with Gasteiger partial charge < -0.3 is 4.57 Å². The average Bonchev–Trinajstić information content (AvgIpc) is 2.79. The molecule has 3 heteroatoms. The van der Waals surface area contributed by atoms with E-state index >= 15 is 0 Å². The van der Waals surface area contributed by atoms with E-state index in [1.54, 1.807) is 0 Å². The van der Waals surface area contributed by atoms with Gasteiger partial charge in [-0.2, -0.15) is 0 Å². The van der Waals surface area contributed by atoms with Gasteiger partial charge in [0.1, 0.15) is 0 Å². The number of hydrogen-bond donors (Lipinski definition) is 0. The van der Waals surface area contributed by atoms with Gasteiger partial charge in [0.2, 0.25) is 8.24 Å². The van der Waals surface area contributed by atoms with Crippen LogP contribution in [0.5, 0.6) is 0 Å². The highest BCUT2D eigenvalue weighted by Crippen LogP contribution is 2.53. The highest BCUT2D eigenvalue weighted by atomic mass is 32.2. The van der Waals surface area contributed by atoms with E-state index in [9.17, 15) is 0 Å². The Hall–Kier alpha value is -2.75. The first-order valence-corrected chi connectivity index (χ1v) is 13.6. The minimum absolute atomic E-state index is 0.0257. The Bertz CT molecular complexity index is 1110. The van der Waals surface area contributed by atoms with Crippen LogP contribution in [-0.2, 0) is 0 Å². The minimum atomic E-state index is -2.53. The predicted octanol–water partition coefficient (Wildman–Crippen LogP) is 6.85. The van der Waals surface area contributed by atoms with Crippen molar-refractivity contribution in [1.29, 1.82) is 0 Å². The van der Waals surface area contributed by atoms with Crippen molar-refractivity contribution in [2.24, 2.45) is 0 Å². The predicted molar refractivity (Wildman–Crippen MR) is 137 cm³/mol. The molecule has 31 heavy (non-hydrogen) atoms. The van der Waals surface area contributed by atoms with Crippen molar-refractivity contribution in [2.75, 3.05) is 4.57 Å². The van der Waals surface area contributed by atoms with Crippen molar-refractivity contribution in [3.8, 4) is 0 Å². The first-order chi connectivity index (χ1) is 15.0. The fraction of sp³-hybridized carbons (Fsp3) is 0.143. The van der Waals surface area contributed by atoms with E-state index in [4.69, 9.17) is 0 Å². The third kappa shape index (κ3) is 3.15. The van der Waals surface area contributed by atoms with Gasteiger partial charge in [0.25, 0.3) is 0 Å². The lowest BCUT2D eigenvalue weighted by Crippen LogP contribution is -2.74. The van der Waals surface area contributed by atoms with Crippen molar-refractivity contribution in [1.82, 2.24) is 0 Å². The molecule has 0 unspecified atom stereocenters.